The van der Waals surface area contributed by atoms with E-state index in [0.717, 1.165) is 5.39 Å². The number of nitrogens with zero attached hydrogens (tertiary/aromatic N) is 2. The van der Waals surface area contributed by atoms with Gasteiger partial charge in [0.2, 0.25) is 0 Å². The van der Waals surface area contributed by atoms with Gasteiger partial charge in [0, 0.05) is 45.7 Å². The zero-order valence-electron chi connectivity index (χ0n) is 18.5. The van der Waals surface area contributed by atoms with Gasteiger partial charge < -0.3 is 10.0 Å². The van der Waals surface area contributed by atoms with Crippen molar-refractivity contribution >= 4 is 55.7 Å². The molecule has 10 heteroatoms. The molecule has 4 aromatic rings. The predicted molar refractivity (Wildman–Crippen MR) is 137 cm³/mol. The average Bonchev–Trinajstić information content (AvgIpc) is 3.33. The molecule has 5 rings (SSSR count). The summed E-state index contributed by atoms with van der Waals surface area (Å²) in [5, 5.41) is 14.2. The number of piperidine rings is 1. The van der Waals surface area contributed by atoms with Gasteiger partial charge in [-0.2, -0.15) is 4.37 Å². The molecule has 1 saturated heterocycles. The normalized spacial score (nSPS) is 15.8. The second-order valence-corrected chi connectivity index (χ2v) is 11.2. The van der Waals surface area contributed by atoms with Crippen LogP contribution in [-0.2, 0) is 15.6 Å². The number of sulfonamides is 1. The third-order valence-electron chi connectivity index (χ3n) is 6.28. The number of nitrogens with one attached hydrogen (secondary N) is 1. The third kappa shape index (κ3) is 4.64. The highest BCUT2D eigenvalue weighted by Crippen LogP contribution is 2.37. The van der Waals surface area contributed by atoms with Gasteiger partial charge in [-0.05, 0) is 60.8 Å². The van der Waals surface area contributed by atoms with Gasteiger partial charge in [0.25, 0.3) is 15.9 Å². The summed E-state index contributed by atoms with van der Waals surface area (Å²) in [4.78, 5) is 14.8. The fraction of sp³-hybridized carbons (Fsp3) is 0.200. The molecule has 2 heterocycles. The Kier molecular flexibility index (Phi) is 6.27. The average molecular weight is 528 g/mol. The highest BCUT2D eigenvalue weighted by molar-refractivity contribution is 7.93. The Morgan fingerprint density at radius 1 is 1.03 bits per heavy atom. The lowest BCUT2D eigenvalue weighted by Crippen LogP contribution is -2.45. The minimum atomic E-state index is -3.85. The number of hydrogen-bond donors (Lipinski definition) is 2. The summed E-state index contributed by atoms with van der Waals surface area (Å²) >= 11 is 7.47. The second-order valence-electron chi connectivity index (χ2n) is 8.50. The molecule has 35 heavy (non-hydrogen) atoms. The van der Waals surface area contributed by atoms with E-state index in [-0.39, 0.29) is 10.8 Å². The van der Waals surface area contributed by atoms with Crippen LogP contribution in [0.4, 0.5) is 5.69 Å². The Bertz CT molecular complexity index is 1490. The van der Waals surface area contributed by atoms with Gasteiger partial charge in [0.1, 0.15) is 10.4 Å². The molecule has 1 aromatic heterocycles. The molecule has 2 N–H and O–H groups in total. The first-order valence-corrected chi connectivity index (χ1v) is 13.7. The first kappa shape index (κ1) is 23.7. The van der Waals surface area contributed by atoms with E-state index in [4.69, 9.17) is 11.6 Å². The zero-order valence-corrected chi connectivity index (χ0v) is 20.9. The Labute approximate surface area is 212 Å². The number of fused-ring (bicyclic) bond motifs is 1. The fourth-order valence-electron chi connectivity index (χ4n) is 4.35. The number of anilines is 1. The predicted octanol–water partition coefficient (Wildman–Crippen LogP) is 4.87. The molecule has 0 bridgehead atoms. The van der Waals surface area contributed by atoms with Crippen molar-refractivity contribution in [2.45, 2.75) is 23.3 Å². The molecule has 0 radical (unpaired) electrons. The first-order valence-electron chi connectivity index (χ1n) is 11.0. The van der Waals surface area contributed by atoms with Gasteiger partial charge in [-0.3, -0.25) is 9.52 Å². The molecule has 0 atom stereocenters. The Morgan fingerprint density at radius 2 is 1.74 bits per heavy atom. The fourth-order valence-corrected chi connectivity index (χ4v) is 6.61. The van der Waals surface area contributed by atoms with Crippen LogP contribution in [0.5, 0.6) is 0 Å². The van der Waals surface area contributed by atoms with Gasteiger partial charge >= 0.3 is 0 Å². The lowest BCUT2D eigenvalue weighted by atomic mass is 9.84. The van der Waals surface area contributed by atoms with E-state index in [0.29, 0.717) is 53.3 Å². The Balaban J connectivity index is 1.27. The number of rotatable bonds is 5. The molecule has 3 aromatic carbocycles. The van der Waals surface area contributed by atoms with Crippen LogP contribution >= 0.6 is 23.1 Å². The van der Waals surface area contributed by atoms with Crippen LogP contribution in [0, 0.1) is 0 Å². The maximum Gasteiger partial charge on any atom is 0.264 e. The van der Waals surface area contributed by atoms with E-state index in [2.05, 4.69) is 9.10 Å². The SMILES string of the molecule is O=C(c1ccc(NS(=O)(=O)c2cccc3csnc23)cc1)N1CCC(O)(c2ccccc2Cl)CC1. The van der Waals surface area contributed by atoms with Gasteiger partial charge in [-0.15, -0.1) is 0 Å². The summed E-state index contributed by atoms with van der Waals surface area (Å²) in [7, 11) is -3.85. The van der Waals surface area contributed by atoms with Crippen LogP contribution in [0.2, 0.25) is 5.02 Å². The van der Waals surface area contributed by atoms with Crippen LogP contribution < -0.4 is 4.72 Å². The Hall–Kier alpha value is -2.98. The van der Waals surface area contributed by atoms with E-state index in [1.54, 1.807) is 46.7 Å². The van der Waals surface area contributed by atoms with Gasteiger partial charge in [0.15, 0.2) is 0 Å². The smallest absolute Gasteiger partial charge is 0.264 e. The number of hydrogen-bond acceptors (Lipinski definition) is 6. The number of carbonyl (C=O) groups excluding carboxylic acids is 1. The number of aliphatic hydroxyl groups is 1. The molecule has 0 unspecified atom stereocenters. The van der Waals surface area contributed by atoms with Gasteiger partial charge in [0.05, 0.1) is 5.60 Å². The van der Waals surface area contributed by atoms with Crippen molar-refractivity contribution in [2.24, 2.45) is 0 Å². The standard InChI is InChI=1S/C25H22ClN3O4S2/c26-21-6-2-1-5-20(21)25(31)12-14-29(15-13-25)24(30)17-8-10-19(11-9-17)28-35(32,33)22-7-3-4-18-16-34-27-23(18)22/h1-11,16,28,31H,12-15H2. The molecule has 7 nitrogen and oxygen atoms in total. The Morgan fingerprint density at radius 3 is 2.46 bits per heavy atom. The van der Waals surface area contributed by atoms with Crippen LogP contribution in [0.15, 0.2) is 77.0 Å². The maximum absolute atomic E-state index is 13.0. The van der Waals surface area contributed by atoms with Crippen molar-refractivity contribution in [1.82, 2.24) is 9.27 Å². The molecule has 1 amide bonds. The van der Waals surface area contributed by atoms with Crippen LogP contribution in [0.25, 0.3) is 10.9 Å². The first-order chi connectivity index (χ1) is 16.8. The largest absolute Gasteiger partial charge is 0.385 e. The zero-order chi connectivity index (χ0) is 24.6. The van der Waals surface area contributed by atoms with E-state index in [1.807, 2.05) is 24.3 Å². The molecular formula is C25H22ClN3O4S2. The molecule has 1 aliphatic rings. The van der Waals surface area contributed by atoms with Gasteiger partial charge in [-0.1, -0.05) is 41.9 Å². The summed E-state index contributed by atoms with van der Waals surface area (Å²) in [5.41, 5.74) is 0.827. The minimum Gasteiger partial charge on any atom is -0.385 e. The number of benzene rings is 3. The summed E-state index contributed by atoms with van der Waals surface area (Å²) in [6, 6.07) is 18.5. The summed E-state index contributed by atoms with van der Waals surface area (Å²) in [6.45, 7) is 0.763. The lowest BCUT2D eigenvalue weighted by molar-refractivity contribution is -0.0210. The number of amides is 1. The van der Waals surface area contributed by atoms with Crippen molar-refractivity contribution in [3.05, 3.63) is 88.3 Å². The van der Waals surface area contributed by atoms with Crippen LogP contribution in [0.3, 0.4) is 0 Å². The molecule has 1 fully saturated rings. The van der Waals surface area contributed by atoms with Crippen LogP contribution in [-0.4, -0.2) is 41.8 Å². The third-order valence-corrected chi connectivity index (χ3v) is 8.67. The highest BCUT2D eigenvalue weighted by Gasteiger charge is 2.37. The van der Waals surface area contributed by atoms with E-state index < -0.39 is 15.6 Å². The number of likely N-dealkylation sites (tertiary alicyclic amines) is 1. The number of halogens is 1. The molecular weight excluding hydrogens is 506 g/mol. The van der Waals surface area contributed by atoms with Crippen molar-refractivity contribution in [3.63, 3.8) is 0 Å². The molecule has 0 saturated carbocycles. The van der Waals surface area contributed by atoms with E-state index >= 15 is 0 Å². The number of aromatic nitrogens is 1. The van der Waals surface area contributed by atoms with Crippen LogP contribution in [0.1, 0.15) is 28.8 Å². The summed E-state index contributed by atoms with van der Waals surface area (Å²) < 4.78 is 32.6. The number of carbonyl (C=O) groups is 1. The van der Waals surface area contributed by atoms with Crippen molar-refractivity contribution < 1.29 is 18.3 Å². The monoisotopic (exact) mass is 527 g/mol. The molecule has 180 valence electrons. The highest BCUT2D eigenvalue weighted by atomic mass is 35.5. The van der Waals surface area contributed by atoms with E-state index in [9.17, 15) is 18.3 Å². The van der Waals surface area contributed by atoms with E-state index in [1.165, 1.54) is 17.6 Å². The maximum atomic E-state index is 13.0. The molecule has 0 aliphatic carbocycles. The molecule has 1 aliphatic heterocycles. The minimum absolute atomic E-state index is 0.107. The molecule has 0 spiro atoms. The van der Waals surface area contributed by atoms with Crippen molar-refractivity contribution in [1.29, 1.82) is 0 Å². The van der Waals surface area contributed by atoms with Gasteiger partial charge in [-0.25, -0.2) is 8.42 Å². The van der Waals surface area contributed by atoms with Crippen molar-refractivity contribution in [2.75, 3.05) is 17.8 Å². The topological polar surface area (TPSA) is 99.6 Å². The summed E-state index contributed by atoms with van der Waals surface area (Å²) in [6.07, 6.45) is 0.755. The summed E-state index contributed by atoms with van der Waals surface area (Å²) in [5.74, 6) is -0.173. The second kappa shape index (κ2) is 9.23. The lowest BCUT2D eigenvalue weighted by Gasteiger charge is -2.39. The quantitative estimate of drug-likeness (QED) is 0.385. The van der Waals surface area contributed by atoms with Crippen molar-refractivity contribution in [3.8, 4) is 0 Å².